The first-order valence-corrected chi connectivity index (χ1v) is 5.57. The molecule has 0 aliphatic carbocycles. The van der Waals surface area contributed by atoms with Gasteiger partial charge in [0, 0.05) is 12.8 Å². The van der Waals surface area contributed by atoms with Gasteiger partial charge in [0.05, 0.1) is 19.8 Å². The number of anilines is 1. The van der Waals surface area contributed by atoms with Crippen LogP contribution in [0.25, 0.3) is 0 Å². The van der Waals surface area contributed by atoms with Gasteiger partial charge in [0.2, 0.25) is 5.95 Å². The Labute approximate surface area is 97.3 Å². The van der Waals surface area contributed by atoms with E-state index in [1.54, 1.807) is 7.05 Å². The van der Waals surface area contributed by atoms with Gasteiger partial charge in [-0.15, -0.1) is 0 Å². The number of methoxy groups -OCH3 is 1. The second-order valence-electron chi connectivity index (χ2n) is 2.83. The van der Waals surface area contributed by atoms with Crippen molar-refractivity contribution in [2.45, 2.75) is 11.3 Å². The van der Waals surface area contributed by atoms with E-state index in [1.807, 2.05) is 0 Å². The first kappa shape index (κ1) is 12.9. The van der Waals surface area contributed by atoms with E-state index in [0.717, 1.165) is 0 Å². The first-order chi connectivity index (χ1) is 7.69. The molecule has 1 unspecified atom stereocenters. The molecule has 1 rings (SSSR count). The molecule has 1 heterocycles. The Morgan fingerprint density at radius 1 is 1.44 bits per heavy atom. The van der Waals surface area contributed by atoms with E-state index >= 15 is 0 Å². The minimum absolute atomic E-state index is 0.209. The molecule has 0 bridgehead atoms. The molecular weight excluding hydrogens is 232 g/mol. The molecule has 0 aromatic carbocycles. The lowest BCUT2D eigenvalue weighted by Gasteiger charge is -2.07. The molecule has 7 nitrogen and oxygen atoms in total. The fraction of sp³-hybridized carbons (Fsp3) is 0.625. The van der Waals surface area contributed by atoms with Crippen LogP contribution in [0.1, 0.15) is 0 Å². The number of thioether (sulfide) groups is 1. The van der Waals surface area contributed by atoms with Gasteiger partial charge in [-0.25, -0.2) is 0 Å². The number of aromatic nitrogens is 3. The molecule has 1 atom stereocenters. The van der Waals surface area contributed by atoms with Gasteiger partial charge in [0.1, 0.15) is 0 Å². The number of nitrogens with zero attached hydrogens (tertiary/aromatic N) is 3. The quantitative estimate of drug-likeness (QED) is 0.570. The Bertz CT molecular complexity index is 317. The summed E-state index contributed by atoms with van der Waals surface area (Å²) in [5.41, 5.74) is 0. The van der Waals surface area contributed by atoms with Crippen molar-refractivity contribution in [3.8, 4) is 6.01 Å². The average Bonchev–Trinajstić information content (AvgIpc) is 2.35. The molecule has 0 saturated heterocycles. The zero-order valence-corrected chi connectivity index (χ0v) is 9.86. The summed E-state index contributed by atoms with van der Waals surface area (Å²) in [5, 5.41) is 21.1. The van der Waals surface area contributed by atoms with Crippen LogP contribution < -0.4 is 10.1 Å². The summed E-state index contributed by atoms with van der Waals surface area (Å²) < 4.78 is 4.90. The third-order valence-corrected chi connectivity index (χ3v) is 2.61. The Balaban J connectivity index is 2.71. The highest BCUT2D eigenvalue weighted by Gasteiger charge is 2.09. The highest BCUT2D eigenvalue weighted by Crippen LogP contribution is 2.17. The van der Waals surface area contributed by atoms with Gasteiger partial charge in [0.25, 0.3) is 0 Å². The van der Waals surface area contributed by atoms with Crippen LogP contribution in [0.4, 0.5) is 5.95 Å². The molecule has 8 heteroatoms. The van der Waals surface area contributed by atoms with Gasteiger partial charge < -0.3 is 20.3 Å². The van der Waals surface area contributed by atoms with Crippen molar-refractivity contribution < 1.29 is 14.9 Å². The predicted molar refractivity (Wildman–Crippen MR) is 59.7 cm³/mol. The molecule has 0 saturated carbocycles. The maximum atomic E-state index is 9.18. The number of ether oxygens (including phenoxy) is 1. The summed E-state index contributed by atoms with van der Waals surface area (Å²) >= 11 is 1.22. The Hall–Kier alpha value is -1.12. The Morgan fingerprint density at radius 3 is 2.75 bits per heavy atom. The number of aliphatic hydroxyl groups excluding tert-OH is 2. The van der Waals surface area contributed by atoms with Crippen LogP contribution in [-0.2, 0) is 0 Å². The lowest BCUT2D eigenvalue weighted by Crippen LogP contribution is -2.15. The third-order valence-electron chi connectivity index (χ3n) is 1.62. The number of hydrogen-bond acceptors (Lipinski definition) is 8. The fourth-order valence-electron chi connectivity index (χ4n) is 0.829. The third kappa shape index (κ3) is 3.80. The summed E-state index contributed by atoms with van der Waals surface area (Å²) in [6.45, 7) is -0.284. The van der Waals surface area contributed by atoms with Crippen LogP contribution in [0, 0.1) is 0 Å². The van der Waals surface area contributed by atoms with Gasteiger partial charge in [-0.1, -0.05) is 11.8 Å². The van der Waals surface area contributed by atoms with Gasteiger partial charge >= 0.3 is 6.01 Å². The predicted octanol–water partition coefficient (Wildman–Crippen LogP) is -0.633. The van der Waals surface area contributed by atoms with Gasteiger partial charge in [-0.3, -0.25) is 0 Å². The smallest absolute Gasteiger partial charge is 0.321 e. The van der Waals surface area contributed by atoms with E-state index in [2.05, 4.69) is 20.3 Å². The van der Waals surface area contributed by atoms with E-state index in [-0.39, 0.29) is 12.6 Å². The zero-order valence-electron chi connectivity index (χ0n) is 9.04. The summed E-state index contributed by atoms with van der Waals surface area (Å²) in [6, 6.07) is 0.209. The van der Waals surface area contributed by atoms with Crippen LogP contribution in [-0.4, -0.2) is 57.8 Å². The van der Waals surface area contributed by atoms with Crippen molar-refractivity contribution in [3.05, 3.63) is 0 Å². The summed E-state index contributed by atoms with van der Waals surface area (Å²) in [7, 11) is 3.15. The minimum Gasteiger partial charge on any atom is -0.467 e. The van der Waals surface area contributed by atoms with Crippen molar-refractivity contribution >= 4 is 17.7 Å². The lowest BCUT2D eigenvalue weighted by molar-refractivity contribution is 0.113. The topological polar surface area (TPSA) is 100 Å². The van der Waals surface area contributed by atoms with Crippen LogP contribution in [0.15, 0.2) is 5.16 Å². The van der Waals surface area contributed by atoms with E-state index in [1.165, 1.54) is 18.9 Å². The molecule has 0 spiro atoms. The molecular formula is C8H14N4O3S. The Kier molecular flexibility index (Phi) is 5.23. The van der Waals surface area contributed by atoms with E-state index in [0.29, 0.717) is 16.9 Å². The number of nitrogens with one attached hydrogen (secondary N) is 1. The largest absolute Gasteiger partial charge is 0.467 e. The molecule has 1 aromatic rings. The summed E-state index contributed by atoms with van der Waals surface area (Å²) in [6.07, 6.45) is -0.786. The summed E-state index contributed by atoms with van der Waals surface area (Å²) in [4.78, 5) is 12.0. The van der Waals surface area contributed by atoms with E-state index < -0.39 is 6.10 Å². The molecule has 3 N–H and O–H groups in total. The monoisotopic (exact) mass is 246 g/mol. The van der Waals surface area contributed by atoms with Gasteiger partial charge in [-0.05, 0) is 0 Å². The zero-order chi connectivity index (χ0) is 12.0. The molecule has 0 radical (unpaired) electrons. The average molecular weight is 246 g/mol. The second kappa shape index (κ2) is 6.46. The molecule has 0 fully saturated rings. The SMILES string of the molecule is CNc1nc(OC)nc(SCC(O)CO)n1. The van der Waals surface area contributed by atoms with Gasteiger partial charge in [0.15, 0.2) is 5.16 Å². The van der Waals surface area contributed by atoms with Crippen LogP contribution in [0.5, 0.6) is 6.01 Å². The molecule has 0 amide bonds. The van der Waals surface area contributed by atoms with Crippen molar-refractivity contribution in [2.75, 3.05) is 31.8 Å². The Morgan fingerprint density at radius 2 is 2.19 bits per heavy atom. The normalized spacial score (nSPS) is 12.2. The van der Waals surface area contributed by atoms with Crippen molar-refractivity contribution in [2.24, 2.45) is 0 Å². The molecule has 16 heavy (non-hydrogen) atoms. The lowest BCUT2D eigenvalue weighted by atomic mass is 10.4. The van der Waals surface area contributed by atoms with E-state index in [9.17, 15) is 5.11 Å². The number of rotatable bonds is 6. The minimum atomic E-state index is -0.786. The van der Waals surface area contributed by atoms with Crippen LogP contribution in [0.3, 0.4) is 0 Å². The van der Waals surface area contributed by atoms with Gasteiger partial charge in [-0.2, -0.15) is 15.0 Å². The van der Waals surface area contributed by atoms with Crippen LogP contribution >= 0.6 is 11.8 Å². The molecule has 90 valence electrons. The van der Waals surface area contributed by atoms with Crippen molar-refractivity contribution in [1.82, 2.24) is 15.0 Å². The highest BCUT2D eigenvalue weighted by molar-refractivity contribution is 7.99. The maximum Gasteiger partial charge on any atom is 0.321 e. The molecule has 0 aliphatic heterocycles. The van der Waals surface area contributed by atoms with Crippen molar-refractivity contribution in [3.63, 3.8) is 0 Å². The standard InChI is InChI=1S/C8H14N4O3S/c1-9-6-10-7(15-2)12-8(11-6)16-4-5(14)3-13/h5,13-14H,3-4H2,1-2H3,(H,9,10,11,12). The number of aliphatic hydroxyl groups is 2. The molecule has 0 aliphatic rings. The molecule has 1 aromatic heterocycles. The second-order valence-corrected chi connectivity index (χ2v) is 3.81. The van der Waals surface area contributed by atoms with Crippen LogP contribution in [0.2, 0.25) is 0 Å². The number of hydrogen-bond donors (Lipinski definition) is 3. The van der Waals surface area contributed by atoms with E-state index in [4.69, 9.17) is 9.84 Å². The fourth-order valence-corrected chi connectivity index (χ4v) is 1.57. The highest BCUT2D eigenvalue weighted by atomic mass is 32.2. The summed E-state index contributed by atoms with van der Waals surface area (Å²) in [5.74, 6) is 0.708. The van der Waals surface area contributed by atoms with Crippen molar-refractivity contribution in [1.29, 1.82) is 0 Å². The first-order valence-electron chi connectivity index (χ1n) is 4.59. The maximum absolute atomic E-state index is 9.18.